The van der Waals surface area contributed by atoms with E-state index in [4.69, 9.17) is 24.5 Å². The van der Waals surface area contributed by atoms with Crippen LogP contribution in [0.4, 0.5) is 16.3 Å². The van der Waals surface area contributed by atoms with E-state index < -0.39 is 12.1 Å². The van der Waals surface area contributed by atoms with Crippen molar-refractivity contribution in [2.75, 3.05) is 56.2 Å². The third-order valence-corrected chi connectivity index (χ3v) is 9.87. The number of likely N-dealkylation sites (tertiary alicyclic amines) is 1. The molecule has 7 rings (SSSR count). The molecule has 6 heterocycles. The SMILES string of the molecule is Cc1ccc2c(cnn2C2CCCCO2)c1N1Cc2nc(OCC3CCCN3C)nc(N3CCN(C(=O)O)[C@@H](CC#N)C3)c2C1. The summed E-state index contributed by atoms with van der Waals surface area (Å²) in [6.07, 6.45) is 6.42. The number of aromatic nitrogens is 4. The van der Waals surface area contributed by atoms with Gasteiger partial charge in [-0.3, -0.25) is 0 Å². The zero-order chi connectivity index (χ0) is 31.1. The lowest BCUT2D eigenvalue weighted by molar-refractivity contribution is -0.0366. The van der Waals surface area contributed by atoms with Gasteiger partial charge in [0.2, 0.25) is 0 Å². The van der Waals surface area contributed by atoms with E-state index in [2.05, 4.69) is 46.9 Å². The van der Waals surface area contributed by atoms with Crippen LogP contribution in [0.1, 0.15) is 61.6 Å². The molecule has 1 amide bonds. The van der Waals surface area contributed by atoms with Crippen LogP contribution < -0.4 is 14.5 Å². The maximum Gasteiger partial charge on any atom is 0.407 e. The van der Waals surface area contributed by atoms with E-state index in [-0.39, 0.29) is 12.6 Å². The molecule has 3 saturated heterocycles. The van der Waals surface area contributed by atoms with Crippen molar-refractivity contribution in [1.29, 1.82) is 5.26 Å². The number of nitriles is 1. The molecule has 13 heteroatoms. The number of anilines is 2. The van der Waals surface area contributed by atoms with E-state index in [1.54, 1.807) is 0 Å². The Morgan fingerprint density at radius 1 is 1.11 bits per heavy atom. The van der Waals surface area contributed by atoms with Crippen LogP contribution >= 0.6 is 0 Å². The van der Waals surface area contributed by atoms with Crippen molar-refractivity contribution >= 4 is 28.5 Å². The standard InChI is InChI=1S/C32H41N9O4/c1-21-8-9-27-24(16-34-41(27)28-7-3-4-15-44-28)29(21)39-18-25-26(19-39)35-31(45-20-23-6-5-12-37(23)2)36-30(25)38-13-14-40(32(42)43)22(17-38)10-11-33/h8-9,16,22-23,28H,3-7,10,12-15,17-20H2,1-2H3,(H,42,43)/t22-,23?,28?/m0/s1. The molecule has 4 aliphatic rings. The van der Waals surface area contributed by atoms with Gasteiger partial charge in [-0.05, 0) is 64.3 Å². The predicted octanol–water partition coefficient (Wildman–Crippen LogP) is 3.91. The summed E-state index contributed by atoms with van der Waals surface area (Å²) in [7, 11) is 2.12. The highest BCUT2D eigenvalue weighted by atomic mass is 16.5. The molecular formula is C32H41N9O4. The number of benzene rings is 1. The Balaban J connectivity index is 1.22. The monoisotopic (exact) mass is 615 g/mol. The van der Waals surface area contributed by atoms with E-state index in [9.17, 15) is 15.2 Å². The summed E-state index contributed by atoms with van der Waals surface area (Å²) < 4.78 is 14.4. The van der Waals surface area contributed by atoms with E-state index in [0.717, 1.165) is 84.5 Å². The Morgan fingerprint density at radius 3 is 2.76 bits per heavy atom. The molecule has 0 saturated carbocycles. The summed E-state index contributed by atoms with van der Waals surface area (Å²) >= 11 is 0. The summed E-state index contributed by atoms with van der Waals surface area (Å²) in [5.74, 6) is 0.765. The Hall–Kier alpha value is -4.15. The van der Waals surface area contributed by atoms with Gasteiger partial charge in [-0.1, -0.05) is 6.07 Å². The maximum atomic E-state index is 11.9. The molecule has 1 N–H and O–H groups in total. The molecule has 0 spiro atoms. The van der Waals surface area contributed by atoms with Crippen LogP contribution in [-0.4, -0.2) is 99.3 Å². The lowest BCUT2D eigenvalue weighted by Crippen LogP contribution is -2.55. The number of ether oxygens (including phenoxy) is 2. The second kappa shape index (κ2) is 12.3. The highest BCUT2D eigenvalue weighted by Gasteiger charge is 2.36. The van der Waals surface area contributed by atoms with E-state index in [1.807, 2.05) is 10.9 Å². The molecule has 13 nitrogen and oxygen atoms in total. The minimum Gasteiger partial charge on any atom is -0.465 e. The van der Waals surface area contributed by atoms with Gasteiger partial charge in [-0.15, -0.1) is 0 Å². The highest BCUT2D eigenvalue weighted by molar-refractivity contribution is 5.94. The number of nitrogens with zero attached hydrogens (tertiary/aromatic N) is 9. The summed E-state index contributed by atoms with van der Waals surface area (Å²) in [6, 6.07) is 6.69. The molecule has 2 unspecified atom stereocenters. The molecule has 0 radical (unpaired) electrons. The summed E-state index contributed by atoms with van der Waals surface area (Å²) in [5.41, 5.74) is 5.25. The quantitative estimate of drug-likeness (QED) is 0.414. The number of fused-ring (bicyclic) bond motifs is 2. The zero-order valence-electron chi connectivity index (χ0n) is 26.1. The second-order valence-electron chi connectivity index (χ2n) is 12.7. The van der Waals surface area contributed by atoms with Crippen molar-refractivity contribution < 1.29 is 19.4 Å². The third kappa shape index (κ3) is 5.61. The van der Waals surface area contributed by atoms with Gasteiger partial charge in [0.25, 0.3) is 0 Å². The van der Waals surface area contributed by atoms with Gasteiger partial charge in [0.05, 0.1) is 48.2 Å². The first kappa shape index (κ1) is 29.6. The smallest absolute Gasteiger partial charge is 0.407 e. The number of amides is 1. The first-order chi connectivity index (χ1) is 21.9. The maximum absolute atomic E-state index is 11.9. The molecule has 3 atom stereocenters. The van der Waals surface area contributed by atoms with Gasteiger partial charge in [0, 0.05) is 49.8 Å². The summed E-state index contributed by atoms with van der Waals surface area (Å²) in [6.45, 7) is 6.81. The Kier molecular flexibility index (Phi) is 8.10. The fourth-order valence-corrected chi connectivity index (χ4v) is 7.42. The number of hydrogen-bond acceptors (Lipinski definition) is 10. The Labute approximate surface area is 262 Å². The average Bonchev–Trinajstić information content (AvgIpc) is 3.78. The third-order valence-electron chi connectivity index (χ3n) is 9.87. The first-order valence-corrected chi connectivity index (χ1v) is 16.1. The minimum absolute atomic E-state index is 0.0514. The van der Waals surface area contributed by atoms with Gasteiger partial charge < -0.3 is 34.2 Å². The van der Waals surface area contributed by atoms with Crippen molar-refractivity contribution in [3.05, 3.63) is 35.2 Å². The van der Waals surface area contributed by atoms with Crippen molar-refractivity contribution in [2.45, 2.75) is 76.8 Å². The molecule has 2 aromatic heterocycles. The summed E-state index contributed by atoms with van der Waals surface area (Å²) in [4.78, 5) is 30.0. The molecule has 1 aromatic carbocycles. The van der Waals surface area contributed by atoms with Crippen molar-refractivity contribution in [1.82, 2.24) is 29.5 Å². The van der Waals surface area contributed by atoms with Gasteiger partial charge in [-0.25, -0.2) is 9.48 Å². The van der Waals surface area contributed by atoms with Crippen LogP contribution in [0.5, 0.6) is 6.01 Å². The zero-order valence-corrected chi connectivity index (χ0v) is 26.1. The first-order valence-electron chi connectivity index (χ1n) is 16.1. The number of piperazine rings is 1. The lowest BCUT2D eigenvalue weighted by Gasteiger charge is -2.40. The molecule has 3 fully saturated rings. The topological polar surface area (TPSA) is 136 Å². The van der Waals surface area contributed by atoms with Crippen LogP contribution in [-0.2, 0) is 17.8 Å². The number of carbonyl (C=O) groups is 1. The largest absolute Gasteiger partial charge is 0.465 e. The molecule has 45 heavy (non-hydrogen) atoms. The fraction of sp³-hybridized carbons (Fsp3) is 0.594. The normalized spacial score (nSPS) is 23.8. The number of rotatable bonds is 7. The molecule has 4 aliphatic heterocycles. The molecule has 0 bridgehead atoms. The lowest BCUT2D eigenvalue weighted by atomic mass is 10.1. The van der Waals surface area contributed by atoms with Gasteiger partial charge in [-0.2, -0.15) is 20.3 Å². The van der Waals surface area contributed by atoms with E-state index in [1.165, 1.54) is 4.90 Å². The number of carboxylic acid groups (broad SMARTS) is 1. The van der Waals surface area contributed by atoms with Gasteiger partial charge >= 0.3 is 12.1 Å². The minimum atomic E-state index is -0.999. The van der Waals surface area contributed by atoms with Gasteiger partial charge in [0.15, 0.2) is 6.23 Å². The van der Waals surface area contributed by atoms with Crippen molar-refractivity contribution in [3.63, 3.8) is 0 Å². The Morgan fingerprint density at radius 2 is 2.00 bits per heavy atom. The van der Waals surface area contributed by atoms with Crippen molar-refractivity contribution in [3.8, 4) is 12.1 Å². The predicted molar refractivity (Wildman–Crippen MR) is 167 cm³/mol. The van der Waals surface area contributed by atoms with Crippen LogP contribution in [0, 0.1) is 18.3 Å². The molecule has 3 aromatic rings. The van der Waals surface area contributed by atoms with Crippen molar-refractivity contribution in [2.24, 2.45) is 0 Å². The van der Waals surface area contributed by atoms with Crippen LogP contribution in [0.2, 0.25) is 0 Å². The number of aryl methyl sites for hydroxylation is 1. The van der Waals surface area contributed by atoms with E-state index >= 15 is 0 Å². The number of likely N-dealkylation sites (N-methyl/N-ethyl adjacent to an activating group) is 1. The van der Waals surface area contributed by atoms with Crippen LogP contribution in [0.25, 0.3) is 10.9 Å². The molecule has 238 valence electrons. The van der Waals surface area contributed by atoms with Crippen LogP contribution in [0.3, 0.4) is 0 Å². The second-order valence-corrected chi connectivity index (χ2v) is 12.7. The van der Waals surface area contributed by atoms with E-state index in [0.29, 0.717) is 51.4 Å². The fourth-order valence-electron chi connectivity index (χ4n) is 7.42. The molecule has 0 aliphatic carbocycles. The van der Waals surface area contributed by atoms with Gasteiger partial charge in [0.1, 0.15) is 12.4 Å². The number of hydrogen-bond donors (Lipinski definition) is 1. The molecular weight excluding hydrogens is 574 g/mol. The average molecular weight is 616 g/mol. The highest BCUT2D eigenvalue weighted by Crippen LogP contribution is 2.40. The Bertz CT molecular complexity index is 1610. The van der Waals surface area contributed by atoms with Crippen LogP contribution in [0.15, 0.2) is 18.3 Å². The summed E-state index contributed by atoms with van der Waals surface area (Å²) in [5, 5.41) is 25.1.